The van der Waals surface area contributed by atoms with Gasteiger partial charge < -0.3 is 4.90 Å². The molecule has 1 aromatic carbocycles. The maximum absolute atomic E-state index is 13.1. The van der Waals surface area contributed by atoms with E-state index < -0.39 is 0 Å². The maximum atomic E-state index is 13.1. The number of nitrogens with zero attached hydrogens (tertiary/aromatic N) is 1. The van der Waals surface area contributed by atoms with Crippen molar-refractivity contribution in [3.05, 3.63) is 35.6 Å². The van der Waals surface area contributed by atoms with Crippen LogP contribution in [-0.4, -0.2) is 30.3 Å². The largest absolute Gasteiger partial charge is 0.303 e. The number of hydrogen-bond donors (Lipinski definition) is 0. The molecule has 1 aliphatic rings. The van der Waals surface area contributed by atoms with Gasteiger partial charge in [0, 0.05) is 24.6 Å². The lowest BCUT2D eigenvalue weighted by Gasteiger charge is -2.38. The summed E-state index contributed by atoms with van der Waals surface area (Å²) in [5, 5.41) is 0. The molecule has 0 N–H and O–H groups in total. The van der Waals surface area contributed by atoms with Gasteiger partial charge in [-0.1, -0.05) is 26.0 Å². The van der Waals surface area contributed by atoms with E-state index >= 15 is 0 Å². The van der Waals surface area contributed by atoms with Crippen LogP contribution in [0.15, 0.2) is 24.3 Å². The Labute approximate surface area is 127 Å². The summed E-state index contributed by atoms with van der Waals surface area (Å²) in [6.07, 6.45) is 5.37. The molecule has 0 aromatic heterocycles. The Morgan fingerprint density at radius 1 is 1.33 bits per heavy atom. The molecule has 0 atom stereocenters. The van der Waals surface area contributed by atoms with E-state index in [2.05, 4.69) is 25.8 Å². The zero-order chi connectivity index (χ0) is 15.5. The molecule has 0 amide bonds. The van der Waals surface area contributed by atoms with Gasteiger partial charge >= 0.3 is 0 Å². The van der Waals surface area contributed by atoms with Gasteiger partial charge in [-0.15, -0.1) is 0 Å². The molecule has 2 rings (SSSR count). The maximum Gasteiger partial charge on any atom is 0.164 e. The zero-order valence-electron chi connectivity index (χ0n) is 13.4. The first-order valence-electron chi connectivity index (χ1n) is 7.86. The van der Waals surface area contributed by atoms with Gasteiger partial charge in [-0.05, 0) is 50.3 Å². The Morgan fingerprint density at radius 2 is 2.00 bits per heavy atom. The number of carbonyl (C=O) groups excluding carboxylic acids is 1. The fraction of sp³-hybridized carbons (Fsp3) is 0.611. The van der Waals surface area contributed by atoms with Crippen molar-refractivity contribution >= 4 is 5.78 Å². The van der Waals surface area contributed by atoms with E-state index in [1.807, 2.05) is 0 Å². The Hall–Kier alpha value is -1.22. The average molecular weight is 291 g/mol. The van der Waals surface area contributed by atoms with Crippen molar-refractivity contribution in [2.45, 2.75) is 52.0 Å². The number of carbonyl (C=O) groups is 1. The van der Waals surface area contributed by atoms with Crippen LogP contribution >= 0.6 is 0 Å². The number of Topliss-reactive ketones (excluding diaryl/α,β-unsaturated/α-hetero) is 1. The third-order valence-electron chi connectivity index (χ3n) is 4.77. The molecule has 3 heteroatoms. The monoisotopic (exact) mass is 291 g/mol. The molecule has 1 fully saturated rings. The SMILES string of the molecule is CN(CCC(=O)c1cccc(F)c1)C1CCC(C)(C)CC1. The van der Waals surface area contributed by atoms with Gasteiger partial charge in [-0.25, -0.2) is 4.39 Å². The van der Waals surface area contributed by atoms with Crippen molar-refractivity contribution < 1.29 is 9.18 Å². The summed E-state index contributed by atoms with van der Waals surface area (Å²) in [6.45, 7) is 5.41. The predicted molar refractivity (Wildman–Crippen MR) is 84.0 cm³/mol. The van der Waals surface area contributed by atoms with Crippen LogP contribution in [0.5, 0.6) is 0 Å². The van der Waals surface area contributed by atoms with Gasteiger partial charge in [0.25, 0.3) is 0 Å². The van der Waals surface area contributed by atoms with Gasteiger partial charge in [0.1, 0.15) is 5.82 Å². The van der Waals surface area contributed by atoms with E-state index in [1.54, 1.807) is 12.1 Å². The second kappa shape index (κ2) is 6.69. The smallest absolute Gasteiger partial charge is 0.164 e. The Kier molecular flexibility index (Phi) is 5.15. The van der Waals surface area contributed by atoms with Crippen LogP contribution in [0.3, 0.4) is 0 Å². The van der Waals surface area contributed by atoms with Gasteiger partial charge in [0.05, 0.1) is 0 Å². The quantitative estimate of drug-likeness (QED) is 0.754. The molecule has 0 spiro atoms. The predicted octanol–water partition coefficient (Wildman–Crippen LogP) is 4.30. The molecule has 21 heavy (non-hydrogen) atoms. The Bertz CT molecular complexity index is 488. The van der Waals surface area contributed by atoms with Crippen molar-refractivity contribution in [2.75, 3.05) is 13.6 Å². The molecule has 0 bridgehead atoms. The number of rotatable bonds is 5. The topological polar surface area (TPSA) is 20.3 Å². The highest BCUT2D eigenvalue weighted by atomic mass is 19.1. The molecule has 116 valence electrons. The number of halogens is 1. The molecule has 0 heterocycles. The highest BCUT2D eigenvalue weighted by molar-refractivity contribution is 5.96. The lowest BCUT2D eigenvalue weighted by Crippen LogP contribution is -2.38. The lowest BCUT2D eigenvalue weighted by atomic mass is 9.75. The van der Waals surface area contributed by atoms with Crippen molar-refractivity contribution in [2.24, 2.45) is 5.41 Å². The normalized spacial score (nSPS) is 18.9. The molecule has 1 aromatic rings. The molecule has 1 saturated carbocycles. The molecular formula is C18H26FNO. The first-order valence-corrected chi connectivity index (χ1v) is 7.86. The number of benzene rings is 1. The van der Waals surface area contributed by atoms with Crippen LogP contribution in [0.4, 0.5) is 4.39 Å². The second-order valence-electron chi connectivity index (χ2n) is 7.06. The molecule has 0 unspecified atom stereocenters. The van der Waals surface area contributed by atoms with Crippen molar-refractivity contribution in [1.82, 2.24) is 4.90 Å². The fourth-order valence-electron chi connectivity index (χ4n) is 3.09. The Balaban J connectivity index is 1.81. The highest BCUT2D eigenvalue weighted by Gasteiger charge is 2.28. The van der Waals surface area contributed by atoms with E-state index in [0.29, 0.717) is 23.4 Å². The molecule has 1 aliphatic carbocycles. The third kappa shape index (κ3) is 4.63. The number of hydrogen-bond acceptors (Lipinski definition) is 2. The van der Waals surface area contributed by atoms with Crippen LogP contribution in [0.25, 0.3) is 0 Å². The minimum Gasteiger partial charge on any atom is -0.303 e. The van der Waals surface area contributed by atoms with Crippen LogP contribution in [0.1, 0.15) is 56.3 Å². The van der Waals surface area contributed by atoms with E-state index in [0.717, 1.165) is 6.54 Å². The number of ketones is 1. The second-order valence-corrected chi connectivity index (χ2v) is 7.06. The van der Waals surface area contributed by atoms with Crippen LogP contribution in [0, 0.1) is 11.2 Å². The first kappa shape index (κ1) is 16.2. The summed E-state index contributed by atoms with van der Waals surface area (Å²) >= 11 is 0. The summed E-state index contributed by atoms with van der Waals surface area (Å²) in [7, 11) is 2.10. The lowest BCUT2D eigenvalue weighted by molar-refractivity contribution is 0.0925. The Morgan fingerprint density at radius 3 is 2.62 bits per heavy atom. The van der Waals surface area contributed by atoms with Gasteiger partial charge in [-0.3, -0.25) is 4.79 Å². The molecule has 0 aliphatic heterocycles. The van der Waals surface area contributed by atoms with E-state index in [1.165, 1.54) is 37.8 Å². The summed E-state index contributed by atoms with van der Waals surface area (Å²) in [5.41, 5.74) is 0.947. The minimum atomic E-state index is -0.344. The summed E-state index contributed by atoms with van der Waals surface area (Å²) in [5.74, 6) is -0.318. The fourth-order valence-corrected chi connectivity index (χ4v) is 3.09. The first-order chi connectivity index (χ1) is 9.87. The van der Waals surface area contributed by atoms with Gasteiger partial charge in [0.2, 0.25) is 0 Å². The molecular weight excluding hydrogens is 265 g/mol. The van der Waals surface area contributed by atoms with Crippen LogP contribution in [0.2, 0.25) is 0 Å². The van der Waals surface area contributed by atoms with Crippen molar-refractivity contribution in [3.63, 3.8) is 0 Å². The molecule has 0 saturated heterocycles. The van der Waals surface area contributed by atoms with Crippen molar-refractivity contribution in [1.29, 1.82) is 0 Å². The molecule has 2 nitrogen and oxygen atoms in total. The van der Waals surface area contributed by atoms with E-state index in [4.69, 9.17) is 0 Å². The minimum absolute atomic E-state index is 0.0255. The summed E-state index contributed by atoms with van der Waals surface area (Å²) < 4.78 is 13.1. The third-order valence-corrected chi connectivity index (χ3v) is 4.77. The highest BCUT2D eigenvalue weighted by Crippen LogP contribution is 2.36. The zero-order valence-corrected chi connectivity index (χ0v) is 13.4. The van der Waals surface area contributed by atoms with Crippen LogP contribution < -0.4 is 0 Å². The summed E-state index contributed by atoms with van der Waals surface area (Å²) in [6, 6.07) is 6.56. The average Bonchev–Trinajstić information content (AvgIpc) is 2.44. The van der Waals surface area contributed by atoms with Gasteiger partial charge in [0.15, 0.2) is 5.78 Å². The summed E-state index contributed by atoms with van der Waals surface area (Å²) in [4.78, 5) is 14.4. The standard InChI is InChI=1S/C18H26FNO/c1-18(2)10-7-16(8-11-18)20(3)12-9-17(21)14-5-4-6-15(19)13-14/h4-6,13,16H,7-12H2,1-3H3. The van der Waals surface area contributed by atoms with Crippen LogP contribution in [-0.2, 0) is 0 Å². The van der Waals surface area contributed by atoms with Crippen molar-refractivity contribution in [3.8, 4) is 0 Å². The van der Waals surface area contributed by atoms with E-state index in [-0.39, 0.29) is 11.6 Å². The van der Waals surface area contributed by atoms with E-state index in [9.17, 15) is 9.18 Å². The van der Waals surface area contributed by atoms with Gasteiger partial charge in [-0.2, -0.15) is 0 Å². The molecule has 0 radical (unpaired) electrons.